The maximum absolute atomic E-state index is 12.2. The third-order valence-electron chi connectivity index (χ3n) is 4.38. The van der Waals surface area contributed by atoms with Crippen molar-refractivity contribution in [2.24, 2.45) is 0 Å². The molecule has 0 aliphatic rings. The number of rotatable bonds is 7. The third-order valence-corrected chi connectivity index (χ3v) is 5.20. The summed E-state index contributed by atoms with van der Waals surface area (Å²) < 4.78 is 5.64. The minimum absolute atomic E-state index is 0.148. The van der Waals surface area contributed by atoms with E-state index in [0.29, 0.717) is 27.9 Å². The lowest BCUT2D eigenvalue weighted by molar-refractivity contribution is -0.113. The van der Waals surface area contributed by atoms with Gasteiger partial charge in [0.25, 0.3) is 11.1 Å². The van der Waals surface area contributed by atoms with Gasteiger partial charge >= 0.3 is 0 Å². The summed E-state index contributed by atoms with van der Waals surface area (Å²) in [5.41, 5.74) is 3.67. The molecule has 0 aliphatic heterocycles. The van der Waals surface area contributed by atoms with Crippen LogP contribution in [0.5, 0.6) is 0 Å². The fourth-order valence-electron chi connectivity index (χ4n) is 2.74. The van der Waals surface area contributed by atoms with Crippen molar-refractivity contribution >= 4 is 35.0 Å². The number of pyridine rings is 1. The van der Waals surface area contributed by atoms with Crippen molar-refractivity contribution < 1.29 is 14.0 Å². The molecule has 0 spiro atoms. The van der Waals surface area contributed by atoms with Gasteiger partial charge in [0.15, 0.2) is 0 Å². The number of hydrogen-bond donors (Lipinski definition) is 2. The lowest BCUT2D eigenvalue weighted by atomic mass is 10.2. The number of benzene rings is 2. The highest BCUT2D eigenvalue weighted by Crippen LogP contribution is 2.24. The highest BCUT2D eigenvalue weighted by molar-refractivity contribution is 7.99. The van der Waals surface area contributed by atoms with Crippen molar-refractivity contribution in [1.82, 2.24) is 15.2 Å². The summed E-state index contributed by atoms with van der Waals surface area (Å²) in [5, 5.41) is 13.9. The number of aromatic nitrogens is 3. The van der Waals surface area contributed by atoms with E-state index in [2.05, 4.69) is 25.8 Å². The molecule has 32 heavy (non-hydrogen) atoms. The molecular formula is C23H19N5O3S. The molecule has 0 radical (unpaired) electrons. The predicted octanol–water partition coefficient (Wildman–Crippen LogP) is 4.42. The molecule has 4 aromatic rings. The molecular weight excluding hydrogens is 426 g/mol. The van der Waals surface area contributed by atoms with Crippen molar-refractivity contribution in [1.29, 1.82) is 0 Å². The molecule has 0 unspecified atom stereocenters. The fourth-order valence-corrected chi connectivity index (χ4v) is 3.31. The Bertz CT molecular complexity index is 1210. The number of aryl methyl sites for hydroxylation is 1. The maximum Gasteiger partial charge on any atom is 0.277 e. The average Bonchev–Trinajstić information content (AvgIpc) is 3.29. The van der Waals surface area contributed by atoms with Crippen molar-refractivity contribution in [3.05, 3.63) is 84.2 Å². The van der Waals surface area contributed by atoms with Crippen LogP contribution >= 0.6 is 11.8 Å². The summed E-state index contributed by atoms with van der Waals surface area (Å²) in [6, 6.07) is 18.0. The molecule has 2 N–H and O–H groups in total. The number of carbonyl (C=O) groups excluding carboxylic acids is 2. The van der Waals surface area contributed by atoms with E-state index < -0.39 is 0 Å². The van der Waals surface area contributed by atoms with E-state index in [1.165, 1.54) is 6.20 Å². The van der Waals surface area contributed by atoms with Gasteiger partial charge in [-0.3, -0.25) is 14.6 Å². The van der Waals surface area contributed by atoms with Gasteiger partial charge in [-0.25, -0.2) is 0 Å². The number of thioether (sulfide) groups is 1. The molecule has 0 fully saturated rings. The summed E-state index contributed by atoms with van der Waals surface area (Å²) >= 11 is 1.16. The number of nitrogens with one attached hydrogen (secondary N) is 2. The first-order valence-electron chi connectivity index (χ1n) is 9.71. The molecule has 0 bridgehead atoms. The summed E-state index contributed by atoms with van der Waals surface area (Å²) in [6.07, 6.45) is 3.11. The standard InChI is InChI=1S/C23H19N5O3S/c1-15-4-8-18(9-5-15)25-20(29)14-32-23-28-27-22(31-23)16-6-10-19(11-7-16)26-21(30)17-3-2-12-24-13-17/h2-13H,14H2,1H3,(H,25,29)(H,26,30). The van der Waals surface area contributed by atoms with Crippen LogP contribution in [0.3, 0.4) is 0 Å². The first-order valence-corrected chi connectivity index (χ1v) is 10.7. The Kier molecular flexibility index (Phi) is 6.57. The molecule has 0 atom stereocenters. The number of amides is 2. The van der Waals surface area contributed by atoms with Crippen molar-refractivity contribution in [3.8, 4) is 11.5 Å². The number of anilines is 2. The molecule has 2 amide bonds. The van der Waals surface area contributed by atoms with Crippen molar-refractivity contribution in [3.63, 3.8) is 0 Å². The van der Waals surface area contributed by atoms with Crippen LogP contribution in [0.15, 0.2) is 82.7 Å². The van der Waals surface area contributed by atoms with E-state index in [1.54, 1.807) is 42.6 Å². The molecule has 0 saturated carbocycles. The summed E-state index contributed by atoms with van der Waals surface area (Å²) in [7, 11) is 0. The van der Waals surface area contributed by atoms with E-state index >= 15 is 0 Å². The quantitative estimate of drug-likeness (QED) is 0.405. The van der Waals surface area contributed by atoms with Crippen LogP contribution in [0.2, 0.25) is 0 Å². The Balaban J connectivity index is 1.31. The Hall–Kier alpha value is -3.98. The first-order chi connectivity index (χ1) is 15.6. The smallest absolute Gasteiger partial charge is 0.277 e. The van der Waals surface area contributed by atoms with Crippen LogP contribution in [-0.2, 0) is 4.79 Å². The lowest BCUT2D eigenvalue weighted by Crippen LogP contribution is -2.13. The zero-order valence-electron chi connectivity index (χ0n) is 17.1. The monoisotopic (exact) mass is 445 g/mol. The van der Waals surface area contributed by atoms with Crippen molar-refractivity contribution in [2.75, 3.05) is 16.4 Å². The van der Waals surface area contributed by atoms with Crippen molar-refractivity contribution in [2.45, 2.75) is 12.1 Å². The van der Waals surface area contributed by atoms with Gasteiger partial charge in [-0.1, -0.05) is 29.5 Å². The number of carbonyl (C=O) groups is 2. The fraction of sp³-hybridized carbons (Fsp3) is 0.0870. The van der Waals surface area contributed by atoms with Gasteiger partial charge in [0.05, 0.1) is 11.3 Å². The Labute approximate surface area is 188 Å². The van der Waals surface area contributed by atoms with Crippen LogP contribution < -0.4 is 10.6 Å². The number of nitrogens with zero attached hydrogens (tertiary/aromatic N) is 3. The molecule has 2 heterocycles. The average molecular weight is 446 g/mol. The second-order valence-electron chi connectivity index (χ2n) is 6.85. The highest BCUT2D eigenvalue weighted by atomic mass is 32.2. The van der Waals surface area contributed by atoms with E-state index in [1.807, 2.05) is 31.2 Å². The Morgan fingerprint density at radius 2 is 1.66 bits per heavy atom. The molecule has 8 nitrogen and oxygen atoms in total. The predicted molar refractivity (Wildman–Crippen MR) is 122 cm³/mol. The largest absolute Gasteiger partial charge is 0.411 e. The van der Waals surface area contributed by atoms with Gasteiger partial charge in [-0.15, -0.1) is 10.2 Å². The van der Waals surface area contributed by atoms with Gasteiger partial charge in [-0.2, -0.15) is 0 Å². The van der Waals surface area contributed by atoms with Gasteiger partial charge in [-0.05, 0) is 55.5 Å². The van der Waals surface area contributed by atoms with E-state index in [-0.39, 0.29) is 17.6 Å². The van der Waals surface area contributed by atoms with Gasteiger partial charge in [0.1, 0.15) is 0 Å². The molecule has 160 valence electrons. The summed E-state index contributed by atoms with van der Waals surface area (Å²) in [5.74, 6) is 0.0737. The second-order valence-corrected chi connectivity index (χ2v) is 7.78. The van der Waals surface area contributed by atoms with Gasteiger partial charge in [0.2, 0.25) is 11.8 Å². The zero-order chi connectivity index (χ0) is 22.3. The highest BCUT2D eigenvalue weighted by Gasteiger charge is 2.12. The topological polar surface area (TPSA) is 110 Å². The normalized spacial score (nSPS) is 10.5. The second kappa shape index (κ2) is 9.88. The van der Waals surface area contributed by atoms with Gasteiger partial charge < -0.3 is 15.1 Å². The SMILES string of the molecule is Cc1ccc(NC(=O)CSc2nnc(-c3ccc(NC(=O)c4cccnc4)cc3)o2)cc1. The summed E-state index contributed by atoms with van der Waals surface area (Å²) in [6.45, 7) is 1.99. The lowest BCUT2D eigenvalue weighted by Gasteiger charge is -2.05. The van der Waals surface area contributed by atoms with Crippen LogP contribution in [0.1, 0.15) is 15.9 Å². The molecule has 4 rings (SSSR count). The van der Waals surface area contributed by atoms with Crippen LogP contribution in [0, 0.1) is 6.92 Å². The summed E-state index contributed by atoms with van der Waals surface area (Å²) in [4.78, 5) is 28.3. The molecule has 0 aliphatic carbocycles. The molecule has 2 aromatic carbocycles. The minimum Gasteiger partial charge on any atom is -0.411 e. The Morgan fingerprint density at radius 1 is 0.938 bits per heavy atom. The van der Waals surface area contributed by atoms with Gasteiger partial charge in [0, 0.05) is 29.3 Å². The Morgan fingerprint density at radius 3 is 2.38 bits per heavy atom. The van der Waals surface area contributed by atoms with E-state index in [0.717, 1.165) is 23.0 Å². The van der Waals surface area contributed by atoms with Crippen LogP contribution in [-0.4, -0.2) is 32.7 Å². The zero-order valence-corrected chi connectivity index (χ0v) is 17.9. The van der Waals surface area contributed by atoms with E-state index in [4.69, 9.17) is 4.42 Å². The minimum atomic E-state index is -0.244. The molecule has 2 aromatic heterocycles. The molecule has 9 heteroatoms. The van der Waals surface area contributed by atoms with E-state index in [9.17, 15) is 9.59 Å². The third kappa shape index (κ3) is 5.58. The number of hydrogen-bond acceptors (Lipinski definition) is 7. The van der Waals surface area contributed by atoms with Crippen LogP contribution in [0.25, 0.3) is 11.5 Å². The first kappa shape index (κ1) is 21.3. The van der Waals surface area contributed by atoms with Crippen LogP contribution in [0.4, 0.5) is 11.4 Å². The molecule has 0 saturated heterocycles. The maximum atomic E-state index is 12.2.